The molecule has 0 N–H and O–H groups in total. The van der Waals surface area contributed by atoms with Crippen LogP contribution >= 0.6 is 12.4 Å². The second-order valence-electron chi connectivity index (χ2n) is 7.28. The highest BCUT2D eigenvalue weighted by molar-refractivity contribution is 5.95. The first-order chi connectivity index (χ1) is 11.7. The van der Waals surface area contributed by atoms with Crippen molar-refractivity contribution >= 4 is 29.1 Å². The minimum absolute atomic E-state index is 0. The van der Waals surface area contributed by atoms with Gasteiger partial charge >= 0.3 is 0 Å². The number of halogens is 1. The van der Waals surface area contributed by atoms with Gasteiger partial charge in [-0.2, -0.15) is 0 Å². The molecule has 5 rings (SSSR count). The van der Waals surface area contributed by atoms with Crippen LogP contribution in [-0.2, 0) is 13.0 Å². The molecule has 0 bridgehead atoms. The van der Waals surface area contributed by atoms with Gasteiger partial charge in [0.2, 0.25) is 0 Å². The van der Waals surface area contributed by atoms with E-state index in [0.717, 1.165) is 19.5 Å². The maximum Gasteiger partial charge on any atom is 0.138 e. The predicted octanol–water partition coefficient (Wildman–Crippen LogP) is 4.97. The Bertz CT molecular complexity index is 940. The van der Waals surface area contributed by atoms with Crippen LogP contribution in [0.3, 0.4) is 0 Å². The van der Waals surface area contributed by atoms with Gasteiger partial charge in [-0.15, -0.1) is 12.4 Å². The molecular formula is C21H24ClN3. The van der Waals surface area contributed by atoms with E-state index < -0.39 is 0 Å². The second-order valence-corrected chi connectivity index (χ2v) is 7.28. The average Bonchev–Trinajstić information content (AvgIpc) is 3.42. The average molecular weight is 354 g/mol. The third-order valence-electron chi connectivity index (χ3n) is 5.79. The summed E-state index contributed by atoms with van der Waals surface area (Å²) in [6.45, 7) is 6.55. The number of nitrogens with zero attached hydrogens (tertiary/aromatic N) is 3. The Hall–Kier alpha value is -2.00. The number of aryl methyl sites for hydroxylation is 1. The Kier molecular flexibility index (Phi) is 3.99. The molecule has 1 fully saturated rings. The van der Waals surface area contributed by atoms with Crippen LogP contribution in [0.4, 0.5) is 5.82 Å². The van der Waals surface area contributed by atoms with Gasteiger partial charge in [-0.3, -0.25) is 0 Å². The molecule has 0 saturated heterocycles. The van der Waals surface area contributed by atoms with Gasteiger partial charge in [-0.1, -0.05) is 24.3 Å². The topological polar surface area (TPSA) is 21.1 Å². The quantitative estimate of drug-likeness (QED) is 0.648. The number of benzene rings is 1. The molecule has 3 nitrogen and oxygen atoms in total. The van der Waals surface area contributed by atoms with Crippen molar-refractivity contribution in [1.82, 2.24) is 9.55 Å². The van der Waals surface area contributed by atoms with Crippen LogP contribution in [0.25, 0.3) is 10.9 Å². The summed E-state index contributed by atoms with van der Waals surface area (Å²) < 4.78 is 2.55. The van der Waals surface area contributed by atoms with Crippen LogP contribution in [0.2, 0.25) is 0 Å². The number of aromatic nitrogens is 2. The van der Waals surface area contributed by atoms with Gasteiger partial charge in [0.15, 0.2) is 0 Å². The zero-order chi connectivity index (χ0) is 16.3. The SMILES string of the molecule is Cc1c(C)n(C2CC2)c2ccnc(N3CCc4ccccc4C3)c12.Cl. The summed E-state index contributed by atoms with van der Waals surface area (Å²) in [6.07, 6.45) is 5.74. The van der Waals surface area contributed by atoms with Crippen molar-refractivity contribution < 1.29 is 0 Å². The minimum Gasteiger partial charge on any atom is -0.351 e. The van der Waals surface area contributed by atoms with E-state index in [1.54, 1.807) is 0 Å². The molecule has 0 radical (unpaired) electrons. The Balaban J connectivity index is 0.00000157. The molecule has 3 heterocycles. The maximum absolute atomic E-state index is 4.81. The molecule has 0 amide bonds. The van der Waals surface area contributed by atoms with E-state index in [9.17, 15) is 0 Å². The van der Waals surface area contributed by atoms with E-state index in [1.165, 1.54) is 51.9 Å². The first-order valence-corrected chi connectivity index (χ1v) is 9.02. The first-order valence-electron chi connectivity index (χ1n) is 9.02. The fourth-order valence-electron chi connectivity index (χ4n) is 4.26. The van der Waals surface area contributed by atoms with E-state index in [0.29, 0.717) is 6.04 Å². The number of pyridine rings is 1. The molecule has 0 unspecified atom stereocenters. The van der Waals surface area contributed by atoms with Gasteiger partial charge in [0.25, 0.3) is 0 Å². The van der Waals surface area contributed by atoms with Gasteiger partial charge in [-0.25, -0.2) is 4.98 Å². The predicted molar refractivity (Wildman–Crippen MR) is 106 cm³/mol. The Morgan fingerprint density at radius 1 is 1.04 bits per heavy atom. The van der Waals surface area contributed by atoms with Crippen LogP contribution in [0.5, 0.6) is 0 Å². The van der Waals surface area contributed by atoms with Crippen molar-refractivity contribution in [2.24, 2.45) is 0 Å². The summed E-state index contributed by atoms with van der Waals surface area (Å²) in [4.78, 5) is 7.28. The molecule has 1 aliphatic heterocycles. The van der Waals surface area contributed by atoms with Gasteiger partial charge < -0.3 is 9.47 Å². The molecule has 3 aromatic rings. The molecule has 1 saturated carbocycles. The minimum atomic E-state index is 0. The monoisotopic (exact) mass is 353 g/mol. The summed E-state index contributed by atoms with van der Waals surface area (Å²) in [7, 11) is 0. The fraction of sp³-hybridized carbons (Fsp3) is 0.381. The number of rotatable bonds is 2. The molecule has 2 aromatic heterocycles. The van der Waals surface area contributed by atoms with E-state index in [4.69, 9.17) is 4.98 Å². The van der Waals surface area contributed by atoms with Crippen molar-refractivity contribution in [3.8, 4) is 0 Å². The normalized spacial score (nSPS) is 16.6. The molecule has 4 heteroatoms. The highest BCUT2D eigenvalue weighted by atomic mass is 35.5. The lowest BCUT2D eigenvalue weighted by Gasteiger charge is -2.30. The van der Waals surface area contributed by atoms with Gasteiger partial charge in [0.05, 0.1) is 5.52 Å². The van der Waals surface area contributed by atoms with Crippen molar-refractivity contribution in [2.75, 3.05) is 11.4 Å². The van der Waals surface area contributed by atoms with Gasteiger partial charge in [0, 0.05) is 36.4 Å². The standard InChI is InChI=1S/C21H23N3.ClH/c1-14-15(2)24(18-7-8-18)19-9-11-22-21(20(14)19)23-12-10-16-5-3-4-6-17(16)13-23;/h3-6,9,11,18H,7-8,10,12-13H2,1-2H3;1H. The molecule has 0 atom stereocenters. The van der Waals surface area contributed by atoms with Crippen LogP contribution in [0.15, 0.2) is 36.5 Å². The fourth-order valence-corrected chi connectivity index (χ4v) is 4.26. The maximum atomic E-state index is 4.81. The van der Waals surface area contributed by atoms with Crippen LogP contribution < -0.4 is 4.90 Å². The van der Waals surface area contributed by atoms with Crippen LogP contribution in [-0.4, -0.2) is 16.1 Å². The van der Waals surface area contributed by atoms with Crippen LogP contribution in [0, 0.1) is 13.8 Å². The summed E-state index contributed by atoms with van der Waals surface area (Å²) in [5, 5.41) is 1.36. The van der Waals surface area contributed by atoms with Crippen molar-refractivity contribution in [3.63, 3.8) is 0 Å². The second kappa shape index (κ2) is 6.06. The molecule has 25 heavy (non-hydrogen) atoms. The summed E-state index contributed by atoms with van der Waals surface area (Å²) in [6, 6.07) is 11.7. The largest absolute Gasteiger partial charge is 0.351 e. The lowest BCUT2D eigenvalue weighted by Crippen LogP contribution is -2.31. The van der Waals surface area contributed by atoms with E-state index in [1.807, 2.05) is 6.20 Å². The highest BCUT2D eigenvalue weighted by Gasteiger charge is 2.29. The molecule has 1 aliphatic carbocycles. The number of hydrogen-bond acceptors (Lipinski definition) is 2. The Morgan fingerprint density at radius 3 is 2.56 bits per heavy atom. The molecular weight excluding hydrogens is 330 g/mol. The van der Waals surface area contributed by atoms with Crippen molar-refractivity contribution in [1.29, 1.82) is 0 Å². The lowest BCUT2D eigenvalue weighted by atomic mass is 9.99. The molecule has 0 spiro atoms. The zero-order valence-electron chi connectivity index (χ0n) is 14.8. The molecule has 1 aromatic carbocycles. The van der Waals surface area contributed by atoms with Crippen molar-refractivity contribution in [2.45, 2.75) is 45.7 Å². The van der Waals surface area contributed by atoms with Gasteiger partial charge in [0.1, 0.15) is 5.82 Å². The van der Waals surface area contributed by atoms with Gasteiger partial charge in [-0.05, 0) is 55.9 Å². The van der Waals surface area contributed by atoms with E-state index in [-0.39, 0.29) is 12.4 Å². The molecule has 2 aliphatic rings. The molecule has 130 valence electrons. The summed E-state index contributed by atoms with van der Waals surface area (Å²) in [5.41, 5.74) is 7.12. The third-order valence-corrected chi connectivity index (χ3v) is 5.79. The summed E-state index contributed by atoms with van der Waals surface area (Å²) in [5.74, 6) is 1.17. The Labute approximate surface area is 155 Å². The van der Waals surface area contributed by atoms with E-state index >= 15 is 0 Å². The first kappa shape index (κ1) is 16.5. The summed E-state index contributed by atoms with van der Waals surface area (Å²) >= 11 is 0. The third kappa shape index (κ3) is 2.53. The zero-order valence-corrected chi connectivity index (χ0v) is 15.6. The highest BCUT2D eigenvalue weighted by Crippen LogP contribution is 2.43. The Morgan fingerprint density at radius 2 is 1.80 bits per heavy atom. The number of fused-ring (bicyclic) bond motifs is 2. The lowest BCUT2D eigenvalue weighted by molar-refractivity contribution is 0.723. The number of hydrogen-bond donors (Lipinski definition) is 0. The smallest absolute Gasteiger partial charge is 0.138 e. The van der Waals surface area contributed by atoms with E-state index in [2.05, 4.69) is 53.6 Å². The van der Waals surface area contributed by atoms with Crippen LogP contribution in [0.1, 0.15) is 41.3 Å². The number of anilines is 1. The van der Waals surface area contributed by atoms with Crippen molar-refractivity contribution in [3.05, 3.63) is 58.9 Å².